The van der Waals surface area contributed by atoms with Crippen molar-refractivity contribution in [2.75, 3.05) is 6.54 Å². The van der Waals surface area contributed by atoms with E-state index in [1.165, 1.54) is 57.5 Å². The van der Waals surface area contributed by atoms with Crippen LogP contribution in [-0.4, -0.2) is 11.5 Å². The molecule has 1 heterocycles. The first kappa shape index (κ1) is 20.8. The monoisotopic (exact) mass is 398 g/mol. The van der Waals surface area contributed by atoms with Crippen LogP contribution in [0, 0.1) is 13.8 Å². The van der Waals surface area contributed by atoms with Crippen molar-refractivity contribution in [1.82, 2.24) is 10.3 Å². The molecule has 0 fully saturated rings. The van der Waals surface area contributed by atoms with Crippen LogP contribution in [0.15, 0.2) is 48.5 Å². The van der Waals surface area contributed by atoms with Gasteiger partial charge in [-0.3, -0.25) is 4.98 Å². The molecule has 2 heteroatoms. The maximum Gasteiger partial charge on any atom is 0.0713 e. The van der Waals surface area contributed by atoms with Gasteiger partial charge in [0.2, 0.25) is 0 Å². The maximum atomic E-state index is 5.08. The third-order valence-electron chi connectivity index (χ3n) is 6.71. The summed E-state index contributed by atoms with van der Waals surface area (Å²) < 4.78 is 0. The molecule has 0 spiro atoms. The molecular weight excluding hydrogens is 364 g/mol. The zero-order valence-corrected chi connectivity index (χ0v) is 18.9. The lowest BCUT2D eigenvalue weighted by Gasteiger charge is -2.18. The molecule has 1 aliphatic rings. The van der Waals surface area contributed by atoms with Crippen LogP contribution in [0.3, 0.4) is 0 Å². The second kappa shape index (κ2) is 9.14. The average Bonchev–Trinajstić information content (AvgIpc) is 3.18. The fourth-order valence-electron chi connectivity index (χ4n) is 5.08. The number of aryl methyl sites for hydroxylation is 5. The molecule has 1 unspecified atom stereocenters. The summed E-state index contributed by atoms with van der Waals surface area (Å²) in [4.78, 5) is 5.08. The van der Waals surface area contributed by atoms with Crippen molar-refractivity contribution in [3.63, 3.8) is 0 Å². The van der Waals surface area contributed by atoms with Crippen molar-refractivity contribution in [3.05, 3.63) is 87.6 Å². The molecule has 1 aliphatic carbocycles. The van der Waals surface area contributed by atoms with E-state index in [1.807, 2.05) is 0 Å². The summed E-state index contributed by atoms with van der Waals surface area (Å²) in [5, 5.41) is 3.80. The van der Waals surface area contributed by atoms with Gasteiger partial charge in [0.25, 0.3) is 0 Å². The molecule has 0 amide bonds. The number of fused-ring (bicyclic) bond motifs is 1. The first-order valence-corrected chi connectivity index (χ1v) is 11.5. The molecule has 0 saturated heterocycles. The van der Waals surface area contributed by atoms with Crippen molar-refractivity contribution < 1.29 is 0 Å². The summed E-state index contributed by atoms with van der Waals surface area (Å²) in [5.74, 6) is 0. The van der Waals surface area contributed by atoms with Crippen LogP contribution in [0.4, 0.5) is 0 Å². The van der Waals surface area contributed by atoms with Gasteiger partial charge in [-0.1, -0.05) is 56.3 Å². The minimum Gasteiger partial charge on any atom is -0.310 e. The quantitative estimate of drug-likeness (QED) is 0.504. The number of nitrogens with one attached hydrogen (secondary N) is 1. The van der Waals surface area contributed by atoms with E-state index in [-0.39, 0.29) is 0 Å². The van der Waals surface area contributed by atoms with Gasteiger partial charge in [0.15, 0.2) is 0 Å². The number of nitrogens with zero attached hydrogens (tertiary/aromatic N) is 1. The molecular formula is C28H34N2. The van der Waals surface area contributed by atoms with E-state index in [1.54, 1.807) is 0 Å². The summed E-state index contributed by atoms with van der Waals surface area (Å²) in [5.41, 5.74) is 12.2. The standard InChI is InChI=1S/C28H34N2/c1-5-21-11-9-12-22(6-2)28(21)27-18-19(3)24(20(4)30-27)16-17-29-26-15-14-23-10-7-8-13-25(23)26/h7-13,18,26,29H,5-6,14-17H2,1-4H3. The van der Waals surface area contributed by atoms with Crippen molar-refractivity contribution in [2.24, 2.45) is 0 Å². The topological polar surface area (TPSA) is 24.9 Å². The number of pyridine rings is 1. The van der Waals surface area contributed by atoms with Gasteiger partial charge < -0.3 is 5.32 Å². The van der Waals surface area contributed by atoms with E-state index in [2.05, 4.69) is 81.5 Å². The molecule has 2 aromatic carbocycles. The molecule has 0 saturated carbocycles. The highest BCUT2D eigenvalue weighted by atomic mass is 14.9. The van der Waals surface area contributed by atoms with Gasteiger partial charge in [0.1, 0.15) is 0 Å². The first-order valence-electron chi connectivity index (χ1n) is 11.5. The van der Waals surface area contributed by atoms with Crippen LogP contribution >= 0.6 is 0 Å². The molecule has 1 N–H and O–H groups in total. The second-order valence-corrected chi connectivity index (χ2v) is 8.54. The molecule has 0 aliphatic heterocycles. The van der Waals surface area contributed by atoms with E-state index >= 15 is 0 Å². The summed E-state index contributed by atoms with van der Waals surface area (Å²) in [6.07, 6.45) is 5.51. The Balaban J connectivity index is 1.52. The molecule has 2 nitrogen and oxygen atoms in total. The highest BCUT2D eigenvalue weighted by molar-refractivity contribution is 5.69. The van der Waals surface area contributed by atoms with Crippen molar-refractivity contribution >= 4 is 0 Å². The Bertz CT molecular complexity index is 989. The fourth-order valence-corrected chi connectivity index (χ4v) is 5.08. The molecule has 0 bridgehead atoms. The third kappa shape index (κ3) is 4.06. The molecule has 1 atom stereocenters. The van der Waals surface area contributed by atoms with Gasteiger partial charge >= 0.3 is 0 Å². The molecule has 1 aromatic heterocycles. The molecule has 0 radical (unpaired) electrons. The predicted octanol–water partition coefficient (Wildman–Crippen LogP) is 6.31. The summed E-state index contributed by atoms with van der Waals surface area (Å²) >= 11 is 0. The second-order valence-electron chi connectivity index (χ2n) is 8.54. The van der Waals surface area contributed by atoms with Crippen LogP contribution in [0.2, 0.25) is 0 Å². The van der Waals surface area contributed by atoms with E-state index in [9.17, 15) is 0 Å². The summed E-state index contributed by atoms with van der Waals surface area (Å²) in [6.45, 7) is 9.89. The number of hydrogen-bond donors (Lipinski definition) is 1. The molecule has 30 heavy (non-hydrogen) atoms. The highest BCUT2D eigenvalue weighted by Crippen LogP contribution is 2.32. The highest BCUT2D eigenvalue weighted by Gasteiger charge is 2.21. The largest absolute Gasteiger partial charge is 0.310 e. The zero-order chi connectivity index (χ0) is 21.1. The predicted molar refractivity (Wildman–Crippen MR) is 127 cm³/mol. The Morgan fingerprint density at radius 3 is 2.40 bits per heavy atom. The normalized spacial score (nSPS) is 15.4. The van der Waals surface area contributed by atoms with E-state index < -0.39 is 0 Å². The zero-order valence-electron chi connectivity index (χ0n) is 18.9. The van der Waals surface area contributed by atoms with Gasteiger partial charge in [-0.2, -0.15) is 0 Å². The maximum absolute atomic E-state index is 5.08. The average molecular weight is 399 g/mol. The van der Waals surface area contributed by atoms with Gasteiger partial charge in [0, 0.05) is 17.3 Å². The Labute approximate surface area is 181 Å². The Morgan fingerprint density at radius 1 is 0.967 bits per heavy atom. The number of hydrogen-bond acceptors (Lipinski definition) is 2. The van der Waals surface area contributed by atoms with Crippen LogP contribution in [0.5, 0.6) is 0 Å². The van der Waals surface area contributed by atoms with Gasteiger partial charge in [-0.25, -0.2) is 0 Å². The molecule has 156 valence electrons. The van der Waals surface area contributed by atoms with Crippen molar-refractivity contribution in [2.45, 2.75) is 65.8 Å². The SMILES string of the molecule is CCc1cccc(CC)c1-c1cc(C)c(CCNC2CCc3ccccc32)c(C)n1. The van der Waals surface area contributed by atoms with E-state index in [4.69, 9.17) is 4.98 Å². The van der Waals surface area contributed by atoms with Crippen molar-refractivity contribution in [3.8, 4) is 11.3 Å². The lowest BCUT2D eigenvalue weighted by molar-refractivity contribution is 0.532. The smallest absolute Gasteiger partial charge is 0.0713 e. The van der Waals surface area contributed by atoms with Gasteiger partial charge in [-0.05, 0) is 91.9 Å². The Kier molecular flexibility index (Phi) is 6.34. The Morgan fingerprint density at radius 2 is 1.70 bits per heavy atom. The summed E-state index contributed by atoms with van der Waals surface area (Å²) in [6, 6.07) is 18.4. The minimum atomic E-state index is 0.498. The van der Waals surface area contributed by atoms with E-state index in [0.29, 0.717) is 6.04 Å². The molecule has 4 rings (SSSR count). The summed E-state index contributed by atoms with van der Waals surface area (Å²) in [7, 11) is 0. The number of benzene rings is 2. The third-order valence-corrected chi connectivity index (χ3v) is 6.71. The Hall–Kier alpha value is -2.45. The lowest BCUT2D eigenvalue weighted by Crippen LogP contribution is -2.22. The molecule has 3 aromatic rings. The van der Waals surface area contributed by atoms with Crippen LogP contribution in [0.25, 0.3) is 11.3 Å². The minimum absolute atomic E-state index is 0.498. The number of aromatic nitrogens is 1. The van der Waals surface area contributed by atoms with Crippen LogP contribution < -0.4 is 5.32 Å². The fraction of sp³-hybridized carbons (Fsp3) is 0.393. The van der Waals surface area contributed by atoms with Gasteiger partial charge in [0.05, 0.1) is 5.69 Å². The lowest BCUT2D eigenvalue weighted by atomic mass is 9.92. The number of rotatable bonds is 7. The van der Waals surface area contributed by atoms with Crippen LogP contribution in [-0.2, 0) is 25.7 Å². The van der Waals surface area contributed by atoms with Gasteiger partial charge in [-0.15, -0.1) is 0 Å². The van der Waals surface area contributed by atoms with Crippen LogP contribution in [0.1, 0.15) is 65.4 Å². The first-order chi connectivity index (χ1) is 14.6. The van der Waals surface area contributed by atoms with Crippen molar-refractivity contribution in [1.29, 1.82) is 0 Å². The van der Waals surface area contributed by atoms with E-state index in [0.717, 1.165) is 31.5 Å².